The molecule has 0 radical (unpaired) electrons. The third-order valence-electron chi connectivity index (χ3n) is 3.19. The van der Waals surface area contributed by atoms with Gasteiger partial charge in [0.1, 0.15) is 5.82 Å². The molecule has 0 N–H and O–H groups in total. The monoisotopic (exact) mass is 217 g/mol. The summed E-state index contributed by atoms with van der Waals surface area (Å²) in [5.41, 5.74) is 1.60. The van der Waals surface area contributed by atoms with Gasteiger partial charge in [-0.25, -0.2) is 4.98 Å². The quantitative estimate of drug-likeness (QED) is 0.781. The number of hydrogen-bond acceptors (Lipinski definition) is 3. The molecular formula is C13H19N3. The SMILES string of the molecule is CCC(C)(C)N(C)c1cc(C#N)cc(C)n1. The maximum absolute atomic E-state index is 8.93. The highest BCUT2D eigenvalue weighted by Crippen LogP contribution is 2.24. The van der Waals surface area contributed by atoms with Gasteiger partial charge in [-0.2, -0.15) is 5.26 Å². The molecule has 16 heavy (non-hydrogen) atoms. The molecule has 1 aromatic rings. The van der Waals surface area contributed by atoms with Crippen molar-refractivity contribution in [2.24, 2.45) is 0 Å². The lowest BCUT2D eigenvalue weighted by atomic mass is 10.00. The van der Waals surface area contributed by atoms with E-state index >= 15 is 0 Å². The highest BCUT2D eigenvalue weighted by Gasteiger charge is 2.22. The summed E-state index contributed by atoms with van der Waals surface area (Å²) in [4.78, 5) is 6.60. The summed E-state index contributed by atoms with van der Waals surface area (Å²) >= 11 is 0. The van der Waals surface area contributed by atoms with E-state index < -0.39 is 0 Å². The molecule has 0 amide bonds. The van der Waals surface area contributed by atoms with Crippen molar-refractivity contribution in [2.75, 3.05) is 11.9 Å². The van der Waals surface area contributed by atoms with Gasteiger partial charge in [0.05, 0.1) is 11.6 Å². The molecule has 1 aromatic heterocycles. The molecule has 3 heteroatoms. The first-order valence-corrected chi connectivity index (χ1v) is 5.53. The van der Waals surface area contributed by atoms with Gasteiger partial charge in [-0.05, 0) is 39.3 Å². The molecule has 3 nitrogen and oxygen atoms in total. The second kappa shape index (κ2) is 4.52. The Balaban J connectivity index is 3.14. The number of aromatic nitrogens is 1. The average Bonchev–Trinajstić information content (AvgIpc) is 2.27. The Kier molecular flexibility index (Phi) is 3.54. The molecule has 0 aliphatic carbocycles. The summed E-state index contributed by atoms with van der Waals surface area (Å²) < 4.78 is 0. The molecule has 0 saturated carbocycles. The van der Waals surface area contributed by atoms with Gasteiger partial charge in [0.15, 0.2) is 0 Å². The largest absolute Gasteiger partial charge is 0.355 e. The van der Waals surface area contributed by atoms with E-state index in [1.54, 1.807) is 6.07 Å². The number of hydrogen-bond donors (Lipinski definition) is 0. The molecule has 1 rings (SSSR count). The molecule has 0 spiro atoms. The minimum absolute atomic E-state index is 0.0491. The zero-order valence-corrected chi connectivity index (χ0v) is 10.7. The average molecular weight is 217 g/mol. The fourth-order valence-electron chi connectivity index (χ4n) is 1.43. The number of nitriles is 1. The van der Waals surface area contributed by atoms with Crippen molar-refractivity contribution in [3.05, 3.63) is 23.4 Å². The van der Waals surface area contributed by atoms with Crippen LogP contribution < -0.4 is 4.90 Å². The van der Waals surface area contributed by atoms with Crippen molar-refractivity contribution in [3.63, 3.8) is 0 Å². The second-order valence-electron chi connectivity index (χ2n) is 4.69. The normalized spacial score (nSPS) is 11.0. The molecule has 86 valence electrons. The van der Waals surface area contributed by atoms with Gasteiger partial charge < -0.3 is 4.90 Å². The van der Waals surface area contributed by atoms with Crippen LogP contribution in [0.2, 0.25) is 0 Å². The van der Waals surface area contributed by atoms with E-state index in [9.17, 15) is 0 Å². The Morgan fingerprint density at radius 2 is 2.06 bits per heavy atom. The van der Waals surface area contributed by atoms with Gasteiger partial charge in [0, 0.05) is 18.3 Å². The van der Waals surface area contributed by atoms with E-state index in [0.29, 0.717) is 5.56 Å². The first-order valence-electron chi connectivity index (χ1n) is 5.53. The van der Waals surface area contributed by atoms with Gasteiger partial charge in [-0.15, -0.1) is 0 Å². The Bertz CT molecular complexity index is 416. The van der Waals surface area contributed by atoms with Crippen molar-refractivity contribution >= 4 is 5.82 Å². The van der Waals surface area contributed by atoms with E-state index in [2.05, 4.69) is 36.7 Å². The highest BCUT2D eigenvalue weighted by atomic mass is 15.2. The first kappa shape index (κ1) is 12.5. The molecule has 0 bridgehead atoms. The van der Waals surface area contributed by atoms with Crippen LogP contribution >= 0.6 is 0 Å². The summed E-state index contributed by atoms with van der Waals surface area (Å²) in [5, 5.41) is 8.93. The number of anilines is 1. The van der Waals surface area contributed by atoms with Gasteiger partial charge in [-0.3, -0.25) is 0 Å². The lowest BCUT2D eigenvalue weighted by Crippen LogP contribution is -2.41. The molecule has 0 aliphatic heterocycles. The van der Waals surface area contributed by atoms with Crippen LogP contribution in [0.4, 0.5) is 5.82 Å². The fraction of sp³-hybridized carbons (Fsp3) is 0.538. The molecule has 0 aromatic carbocycles. The number of pyridine rings is 1. The summed E-state index contributed by atoms with van der Waals surface area (Å²) in [6, 6.07) is 5.81. The Morgan fingerprint density at radius 1 is 1.44 bits per heavy atom. The summed E-state index contributed by atoms with van der Waals surface area (Å²) in [7, 11) is 2.02. The van der Waals surface area contributed by atoms with Crippen LogP contribution in [-0.2, 0) is 0 Å². The standard InChI is InChI=1S/C13H19N3/c1-6-13(3,4)16(5)12-8-11(9-14)7-10(2)15-12/h7-8H,6H2,1-5H3. The van der Waals surface area contributed by atoms with Crippen LogP contribution in [0.3, 0.4) is 0 Å². The van der Waals surface area contributed by atoms with Crippen molar-refractivity contribution in [1.29, 1.82) is 5.26 Å². The number of rotatable bonds is 3. The van der Waals surface area contributed by atoms with E-state index in [0.717, 1.165) is 17.9 Å². The lowest BCUT2D eigenvalue weighted by Gasteiger charge is -2.36. The molecule has 0 unspecified atom stereocenters. The van der Waals surface area contributed by atoms with Crippen molar-refractivity contribution < 1.29 is 0 Å². The van der Waals surface area contributed by atoms with Crippen LogP contribution in [0.25, 0.3) is 0 Å². The summed E-state index contributed by atoms with van der Waals surface area (Å²) in [6.45, 7) is 8.40. The van der Waals surface area contributed by atoms with Crippen LogP contribution in [-0.4, -0.2) is 17.6 Å². The Hall–Kier alpha value is -1.56. The van der Waals surface area contributed by atoms with E-state index in [-0.39, 0.29) is 5.54 Å². The summed E-state index contributed by atoms with van der Waals surface area (Å²) in [5.74, 6) is 0.864. The van der Waals surface area contributed by atoms with Gasteiger partial charge in [-0.1, -0.05) is 6.92 Å². The van der Waals surface area contributed by atoms with E-state index in [4.69, 9.17) is 5.26 Å². The third kappa shape index (κ3) is 2.52. The van der Waals surface area contributed by atoms with Gasteiger partial charge in [0.25, 0.3) is 0 Å². The van der Waals surface area contributed by atoms with Crippen LogP contribution in [0.15, 0.2) is 12.1 Å². The maximum Gasteiger partial charge on any atom is 0.130 e. The predicted molar refractivity (Wildman–Crippen MR) is 66.5 cm³/mol. The topological polar surface area (TPSA) is 39.9 Å². The molecule has 0 saturated heterocycles. The van der Waals surface area contributed by atoms with Crippen LogP contribution in [0.1, 0.15) is 38.4 Å². The van der Waals surface area contributed by atoms with E-state index in [1.807, 2.05) is 20.0 Å². The molecular weight excluding hydrogens is 198 g/mol. The lowest BCUT2D eigenvalue weighted by molar-refractivity contribution is 0.467. The maximum atomic E-state index is 8.93. The predicted octanol–water partition coefficient (Wildman–Crippen LogP) is 2.89. The number of aryl methyl sites for hydroxylation is 1. The number of nitrogens with zero attached hydrogens (tertiary/aromatic N) is 3. The molecule has 0 atom stereocenters. The minimum Gasteiger partial charge on any atom is -0.355 e. The first-order chi connectivity index (χ1) is 7.40. The van der Waals surface area contributed by atoms with Crippen LogP contribution in [0.5, 0.6) is 0 Å². The summed E-state index contributed by atoms with van der Waals surface area (Å²) in [6.07, 6.45) is 1.03. The smallest absolute Gasteiger partial charge is 0.130 e. The minimum atomic E-state index is 0.0491. The Labute approximate surface area is 97.7 Å². The van der Waals surface area contributed by atoms with Crippen LogP contribution in [0, 0.1) is 18.3 Å². The molecule has 0 aliphatic rings. The van der Waals surface area contributed by atoms with Crippen molar-refractivity contribution in [2.45, 2.75) is 39.7 Å². The van der Waals surface area contributed by atoms with E-state index in [1.165, 1.54) is 0 Å². The zero-order chi connectivity index (χ0) is 12.3. The zero-order valence-electron chi connectivity index (χ0n) is 10.7. The Morgan fingerprint density at radius 3 is 2.56 bits per heavy atom. The highest BCUT2D eigenvalue weighted by molar-refractivity contribution is 5.47. The molecule has 1 heterocycles. The third-order valence-corrected chi connectivity index (χ3v) is 3.19. The fourth-order valence-corrected chi connectivity index (χ4v) is 1.43. The van der Waals surface area contributed by atoms with Gasteiger partial charge in [0.2, 0.25) is 0 Å². The molecule has 0 fully saturated rings. The van der Waals surface area contributed by atoms with Gasteiger partial charge >= 0.3 is 0 Å². The second-order valence-corrected chi connectivity index (χ2v) is 4.69. The van der Waals surface area contributed by atoms with Crippen molar-refractivity contribution in [1.82, 2.24) is 4.98 Å². The van der Waals surface area contributed by atoms with Crippen molar-refractivity contribution in [3.8, 4) is 6.07 Å².